The van der Waals surface area contributed by atoms with Gasteiger partial charge < -0.3 is 15.5 Å². The van der Waals surface area contributed by atoms with Gasteiger partial charge in [0.15, 0.2) is 5.96 Å². The molecule has 1 aromatic heterocycles. The van der Waals surface area contributed by atoms with Crippen molar-refractivity contribution in [1.29, 1.82) is 0 Å². The Morgan fingerprint density at radius 3 is 2.71 bits per heavy atom. The van der Waals surface area contributed by atoms with Crippen LogP contribution in [0.15, 0.2) is 22.5 Å². The predicted molar refractivity (Wildman–Crippen MR) is 121 cm³/mol. The predicted octanol–water partition coefficient (Wildman–Crippen LogP) is 3.42. The van der Waals surface area contributed by atoms with Crippen molar-refractivity contribution in [2.75, 3.05) is 53.4 Å². The molecule has 3 rings (SSSR count). The highest BCUT2D eigenvalue weighted by Crippen LogP contribution is 2.37. The number of rotatable bonds is 7. The second-order valence-corrected chi connectivity index (χ2v) is 9.50. The van der Waals surface area contributed by atoms with Crippen LogP contribution in [0.2, 0.25) is 0 Å². The van der Waals surface area contributed by atoms with Crippen molar-refractivity contribution in [1.82, 2.24) is 20.4 Å². The zero-order valence-electron chi connectivity index (χ0n) is 18.0. The summed E-state index contributed by atoms with van der Waals surface area (Å²) in [6, 6.07) is 4.98. The fraction of sp³-hybridized carbons (Fsp3) is 0.773. The van der Waals surface area contributed by atoms with Gasteiger partial charge in [-0.1, -0.05) is 6.07 Å². The van der Waals surface area contributed by atoms with Gasteiger partial charge in [-0.05, 0) is 96.0 Å². The van der Waals surface area contributed by atoms with Crippen LogP contribution in [0.1, 0.15) is 49.9 Å². The zero-order chi connectivity index (χ0) is 19.8. The van der Waals surface area contributed by atoms with Crippen molar-refractivity contribution < 1.29 is 0 Å². The molecule has 2 fully saturated rings. The summed E-state index contributed by atoms with van der Waals surface area (Å²) in [5.74, 6) is 2.46. The lowest BCUT2D eigenvalue weighted by Crippen LogP contribution is -2.41. The van der Waals surface area contributed by atoms with Gasteiger partial charge in [0.05, 0.1) is 0 Å². The first kappa shape index (κ1) is 21.6. The molecule has 28 heavy (non-hydrogen) atoms. The Morgan fingerprint density at radius 1 is 1.18 bits per heavy atom. The lowest BCUT2D eigenvalue weighted by molar-refractivity contribution is 0.128. The Hall–Kier alpha value is -1.11. The molecule has 2 saturated heterocycles. The highest BCUT2D eigenvalue weighted by Gasteiger charge is 2.31. The summed E-state index contributed by atoms with van der Waals surface area (Å²) < 4.78 is 0. The standard InChI is InChI=1S/C22H39N5S/c1-4-23-22(24-12-9-18-10-14-26(2)15-11-18)25-17-19-7-5-13-27(3)21(19)20-8-6-16-28-20/h6,8,16,18-19,21H,4-5,7,9-15,17H2,1-3H3,(H2,23,24,25). The fourth-order valence-electron chi connectivity index (χ4n) is 4.66. The monoisotopic (exact) mass is 405 g/mol. The first-order valence-corrected chi connectivity index (χ1v) is 12.0. The molecule has 5 nitrogen and oxygen atoms in total. The molecule has 158 valence electrons. The third kappa shape index (κ3) is 6.19. The van der Waals surface area contributed by atoms with Crippen molar-refractivity contribution in [3.63, 3.8) is 0 Å². The Kier molecular flexibility index (Phi) is 8.62. The number of guanidine groups is 1. The van der Waals surface area contributed by atoms with E-state index in [2.05, 4.69) is 59.0 Å². The van der Waals surface area contributed by atoms with E-state index in [9.17, 15) is 0 Å². The zero-order valence-corrected chi connectivity index (χ0v) is 18.8. The lowest BCUT2D eigenvalue weighted by atomic mass is 9.88. The van der Waals surface area contributed by atoms with E-state index in [0.717, 1.165) is 31.5 Å². The fourth-order valence-corrected chi connectivity index (χ4v) is 5.64. The van der Waals surface area contributed by atoms with Crippen LogP contribution in [-0.4, -0.2) is 69.1 Å². The summed E-state index contributed by atoms with van der Waals surface area (Å²) in [4.78, 5) is 11.4. The summed E-state index contributed by atoms with van der Waals surface area (Å²) >= 11 is 1.89. The molecule has 0 aromatic carbocycles. The molecule has 6 heteroatoms. The molecule has 0 spiro atoms. The second kappa shape index (κ2) is 11.2. The number of likely N-dealkylation sites (tertiary alicyclic amines) is 2. The SMILES string of the molecule is CCNC(=NCC1CCCN(C)C1c1cccs1)NCCC1CCN(C)CC1. The number of thiophene rings is 1. The minimum Gasteiger partial charge on any atom is -0.357 e. The third-order valence-corrected chi connectivity index (χ3v) is 7.30. The quantitative estimate of drug-likeness (QED) is 0.539. The Morgan fingerprint density at radius 2 is 2.00 bits per heavy atom. The van der Waals surface area contributed by atoms with Crippen LogP contribution in [-0.2, 0) is 0 Å². The summed E-state index contributed by atoms with van der Waals surface area (Å²) in [5.41, 5.74) is 0. The van der Waals surface area contributed by atoms with Crippen LogP contribution in [0.3, 0.4) is 0 Å². The van der Waals surface area contributed by atoms with Gasteiger partial charge in [0, 0.05) is 30.6 Å². The molecular formula is C22H39N5S. The van der Waals surface area contributed by atoms with Crippen LogP contribution in [0.4, 0.5) is 0 Å². The van der Waals surface area contributed by atoms with Gasteiger partial charge in [-0.3, -0.25) is 9.89 Å². The molecule has 2 aliphatic heterocycles. The van der Waals surface area contributed by atoms with E-state index in [1.54, 1.807) is 0 Å². The lowest BCUT2D eigenvalue weighted by Gasteiger charge is -2.38. The molecule has 1 aromatic rings. The number of aliphatic imine (C=N–C) groups is 1. The van der Waals surface area contributed by atoms with Crippen LogP contribution in [0.5, 0.6) is 0 Å². The third-order valence-electron chi connectivity index (χ3n) is 6.35. The number of hydrogen-bond donors (Lipinski definition) is 2. The van der Waals surface area contributed by atoms with Gasteiger partial charge in [0.2, 0.25) is 0 Å². The first-order chi connectivity index (χ1) is 13.7. The normalized spacial score (nSPS) is 25.8. The Balaban J connectivity index is 1.52. The van der Waals surface area contributed by atoms with E-state index >= 15 is 0 Å². The molecule has 0 saturated carbocycles. The van der Waals surface area contributed by atoms with E-state index in [-0.39, 0.29) is 0 Å². The molecule has 2 atom stereocenters. The minimum atomic E-state index is 0.514. The van der Waals surface area contributed by atoms with Gasteiger partial charge in [-0.15, -0.1) is 11.3 Å². The summed E-state index contributed by atoms with van der Waals surface area (Å²) in [5, 5.41) is 9.24. The van der Waals surface area contributed by atoms with E-state index in [0.29, 0.717) is 12.0 Å². The maximum absolute atomic E-state index is 4.99. The van der Waals surface area contributed by atoms with Crippen molar-refractivity contribution >= 4 is 17.3 Å². The van der Waals surface area contributed by atoms with Gasteiger partial charge in [-0.25, -0.2) is 0 Å². The van der Waals surface area contributed by atoms with E-state index in [1.807, 2.05) is 11.3 Å². The maximum atomic E-state index is 4.99. The number of hydrogen-bond acceptors (Lipinski definition) is 4. The molecule has 0 bridgehead atoms. The second-order valence-electron chi connectivity index (χ2n) is 8.52. The largest absolute Gasteiger partial charge is 0.357 e. The van der Waals surface area contributed by atoms with Crippen LogP contribution in [0, 0.1) is 11.8 Å². The molecule has 3 heterocycles. The molecule has 2 unspecified atom stereocenters. The Bertz CT molecular complexity index is 580. The number of piperidine rings is 2. The Labute approximate surface area is 175 Å². The highest BCUT2D eigenvalue weighted by molar-refractivity contribution is 7.10. The molecule has 2 aliphatic rings. The van der Waals surface area contributed by atoms with E-state index in [1.165, 1.54) is 56.6 Å². The van der Waals surface area contributed by atoms with E-state index in [4.69, 9.17) is 4.99 Å². The van der Waals surface area contributed by atoms with Gasteiger partial charge in [0.25, 0.3) is 0 Å². The van der Waals surface area contributed by atoms with Crippen molar-refractivity contribution in [3.8, 4) is 0 Å². The molecule has 0 radical (unpaired) electrons. The van der Waals surface area contributed by atoms with Crippen LogP contribution < -0.4 is 10.6 Å². The summed E-state index contributed by atoms with van der Waals surface area (Å²) in [6.45, 7) is 8.68. The smallest absolute Gasteiger partial charge is 0.191 e. The van der Waals surface area contributed by atoms with Crippen molar-refractivity contribution in [2.24, 2.45) is 16.8 Å². The minimum absolute atomic E-state index is 0.514. The summed E-state index contributed by atoms with van der Waals surface area (Å²) in [7, 11) is 4.50. The molecular weight excluding hydrogens is 366 g/mol. The first-order valence-electron chi connectivity index (χ1n) is 11.1. The van der Waals surface area contributed by atoms with Crippen LogP contribution in [0.25, 0.3) is 0 Å². The topological polar surface area (TPSA) is 42.9 Å². The van der Waals surface area contributed by atoms with Gasteiger partial charge >= 0.3 is 0 Å². The van der Waals surface area contributed by atoms with E-state index < -0.39 is 0 Å². The average molecular weight is 406 g/mol. The molecule has 0 aliphatic carbocycles. The van der Waals surface area contributed by atoms with Gasteiger partial charge in [-0.2, -0.15) is 0 Å². The molecule has 2 N–H and O–H groups in total. The maximum Gasteiger partial charge on any atom is 0.191 e. The number of nitrogens with one attached hydrogen (secondary N) is 2. The molecule has 0 amide bonds. The van der Waals surface area contributed by atoms with Crippen molar-refractivity contribution in [2.45, 2.75) is 45.1 Å². The van der Waals surface area contributed by atoms with Crippen molar-refractivity contribution in [3.05, 3.63) is 22.4 Å². The van der Waals surface area contributed by atoms with Gasteiger partial charge in [0.1, 0.15) is 0 Å². The summed E-state index contributed by atoms with van der Waals surface area (Å²) in [6.07, 6.45) is 6.47. The highest BCUT2D eigenvalue weighted by atomic mass is 32.1. The average Bonchev–Trinajstić information content (AvgIpc) is 3.22. The van der Waals surface area contributed by atoms with Crippen LogP contribution >= 0.6 is 11.3 Å². The number of nitrogens with zero attached hydrogens (tertiary/aromatic N) is 3.